The molecule has 5 rings (SSSR count). The molecule has 2 aliphatic heterocycles. The lowest BCUT2D eigenvalue weighted by atomic mass is 9.90. The first-order chi connectivity index (χ1) is 15.0. The second-order valence-electron chi connectivity index (χ2n) is 8.37. The van der Waals surface area contributed by atoms with Crippen molar-refractivity contribution in [2.24, 2.45) is 5.92 Å². The molecule has 0 aliphatic carbocycles. The lowest BCUT2D eigenvalue weighted by Crippen LogP contribution is -2.37. The Morgan fingerprint density at radius 1 is 0.774 bits per heavy atom. The zero-order chi connectivity index (χ0) is 21.7. The molecule has 0 saturated carbocycles. The molecule has 0 aromatic heterocycles. The lowest BCUT2D eigenvalue weighted by Gasteiger charge is -2.29. The van der Waals surface area contributed by atoms with Gasteiger partial charge in [0.1, 0.15) is 5.92 Å². The molecule has 5 nitrogen and oxygen atoms in total. The topological polar surface area (TPSA) is 49.9 Å². The Balaban J connectivity index is 1.59. The van der Waals surface area contributed by atoms with Gasteiger partial charge in [0.2, 0.25) is 5.91 Å². The van der Waals surface area contributed by atoms with Crippen LogP contribution in [0.2, 0.25) is 0 Å². The van der Waals surface area contributed by atoms with E-state index in [1.165, 1.54) is 4.90 Å². The predicted molar refractivity (Wildman–Crippen MR) is 120 cm³/mol. The van der Waals surface area contributed by atoms with Crippen molar-refractivity contribution in [3.8, 4) is 0 Å². The summed E-state index contributed by atoms with van der Waals surface area (Å²) < 4.78 is 0. The molecule has 5 heteroatoms. The van der Waals surface area contributed by atoms with Gasteiger partial charge in [0.05, 0.1) is 17.4 Å². The number of nitrogens with zero attached hydrogens (tertiary/aromatic N) is 2. The summed E-state index contributed by atoms with van der Waals surface area (Å²) in [7, 11) is 0. The van der Waals surface area contributed by atoms with Crippen LogP contribution >= 0.6 is 0 Å². The van der Waals surface area contributed by atoms with Crippen LogP contribution in [0, 0.1) is 26.7 Å². The molecule has 2 amide bonds. The van der Waals surface area contributed by atoms with Gasteiger partial charge in [0.15, 0.2) is 6.10 Å². The van der Waals surface area contributed by atoms with E-state index in [4.69, 9.17) is 4.84 Å². The molecule has 31 heavy (non-hydrogen) atoms. The molecule has 2 fully saturated rings. The number of aryl methyl sites for hydroxylation is 3. The highest BCUT2D eigenvalue weighted by Gasteiger charge is 2.60. The summed E-state index contributed by atoms with van der Waals surface area (Å²) in [5.41, 5.74) is 5.52. The molecule has 0 radical (unpaired) electrons. The highest BCUT2D eigenvalue weighted by Crippen LogP contribution is 2.47. The average molecular weight is 412 g/mol. The fourth-order valence-corrected chi connectivity index (χ4v) is 4.61. The SMILES string of the molecule is Cc1ccc([C@H]2[C@H]3C(=O)N(c4ccc(C)cc4C)C(=O)[C@H]3ON2c2ccccc2)cc1. The van der Waals surface area contributed by atoms with Crippen LogP contribution in [0.25, 0.3) is 0 Å². The molecular formula is C26H24N2O3. The minimum Gasteiger partial charge on any atom is -0.273 e. The van der Waals surface area contributed by atoms with Crippen LogP contribution in [-0.2, 0) is 14.4 Å². The summed E-state index contributed by atoms with van der Waals surface area (Å²) in [6.07, 6.45) is -0.847. The van der Waals surface area contributed by atoms with E-state index in [0.717, 1.165) is 27.9 Å². The maximum atomic E-state index is 13.7. The quantitative estimate of drug-likeness (QED) is 0.587. The maximum absolute atomic E-state index is 13.7. The van der Waals surface area contributed by atoms with Crippen LogP contribution in [0.15, 0.2) is 72.8 Å². The minimum absolute atomic E-state index is 0.217. The summed E-state index contributed by atoms with van der Waals surface area (Å²) in [5.74, 6) is -1.14. The number of imide groups is 1. The molecule has 0 spiro atoms. The van der Waals surface area contributed by atoms with Gasteiger partial charge in [-0.3, -0.25) is 14.4 Å². The number of hydrogen-bond donors (Lipinski definition) is 0. The number of hydroxylamine groups is 1. The average Bonchev–Trinajstić information content (AvgIpc) is 3.26. The Bertz CT molecular complexity index is 1160. The summed E-state index contributed by atoms with van der Waals surface area (Å²) in [6.45, 7) is 5.94. The number of fused-ring (bicyclic) bond motifs is 1. The Labute approximate surface area is 181 Å². The third-order valence-electron chi connectivity index (χ3n) is 6.14. The molecule has 3 atom stereocenters. The number of carbonyl (C=O) groups excluding carboxylic acids is 2. The molecule has 2 heterocycles. The van der Waals surface area contributed by atoms with Crippen LogP contribution < -0.4 is 9.96 Å². The number of benzene rings is 3. The van der Waals surface area contributed by atoms with Crippen LogP contribution in [-0.4, -0.2) is 17.9 Å². The van der Waals surface area contributed by atoms with Crippen molar-refractivity contribution in [3.05, 3.63) is 95.1 Å². The Kier molecular flexibility index (Phi) is 4.63. The summed E-state index contributed by atoms with van der Waals surface area (Å²) in [6, 6.07) is 23.1. The monoisotopic (exact) mass is 412 g/mol. The van der Waals surface area contributed by atoms with Gasteiger partial charge >= 0.3 is 0 Å². The van der Waals surface area contributed by atoms with Crippen molar-refractivity contribution in [2.75, 3.05) is 9.96 Å². The first-order valence-electron chi connectivity index (χ1n) is 10.5. The zero-order valence-electron chi connectivity index (χ0n) is 17.8. The zero-order valence-corrected chi connectivity index (χ0v) is 17.8. The van der Waals surface area contributed by atoms with Gasteiger partial charge in [-0.15, -0.1) is 0 Å². The fraction of sp³-hybridized carbons (Fsp3) is 0.231. The molecule has 3 aromatic rings. The van der Waals surface area contributed by atoms with Crippen molar-refractivity contribution in [3.63, 3.8) is 0 Å². The van der Waals surface area contributed by atoms with Gasteiger partial charge in [-0.05, 0) is 50.1 Å². The van der Waals surface area contributed by atoms with Crippen LogP contribution in [0.5, 0.6) is 0 Å². The van der Waals surface area contributed by atoms with E-state index in [-0.39, 0.29) is 17.9 Å². The summed E-state index contributed by atoms with van der Waals surface area (Å²) >= 11 is 0. The molecule has 0 unspecified atom stereocenters. The van der Waals surface area contributed by atoms with Gasteiger partial charge in [0, 0.05) is 0 Å². The van der Waals surface area contributed by atoms with E-state index in [1.54, 1.807) is 5.06 Å². The summed E-state index contributed by atoms with van der Waals surface area (Å²) in [4.78, 5) is 34.6. The first kappa shape index (κ1) is 19.5. The molecule has 0 bridgehead atoms. The third-order valence-corrected chi connectivity index (χ3v) is 6.14. The van der Waals surface area contributed by atoms with Crippen molar-refractivity contribution < 1.29 is 14.4 Å². The highest BCUT2D eigenvalue weighted by molar-refractivity contribution is 6.24. The molecule has 2 aliphatic rings. The number of rotatable bonds is 3. The van der Waals surface area contributed by atoms with E-state index in [1.807, 2.05) is 93.6 Å². The second-order valence-corrected chi connectivity index (χ2v) is 8.37. The maximum Gasteiger partial charge on any atom is 0.266 e. The number of amides is 2. The third kappa shape index (κ3) is 3.13. The molecule has 0 N–H and O–H groups in total. The van der Waals surface area contributed by atoms with Crippen molar-refractivity contribution in [1.82, 2.24) is 0 Å². The fourth-order valence-electron chi connectivity index (χ4n) is 4.61. The van der Waals surface area contributed by atoms with E-state index in [2.05, 4.69) is 0 Å². The first-order valence-corrected chi connectivity index (χ1v) is 10.5. The second kappa shape index (κ2) is 7.36. The van der Waals surface area contributed by atoms with E-state index >= 15 is 0 Å². The molecule has 156 valence electrons. The van der Waals surface area contributed by atoms with Crippen LogP contribution in [0.3, 0.4) is 0 Å². The standard InChI is InChI=1S/C26H24N2O3/c1-16-9-12-19(13-10-16)23-22-24(31-28(23)20-7-5-4-6-8-20)26(30)27(25(22)29)21-14-11-17(2)15-18(21)3/h4-15,22-24H,1-3H3/t22-,23+,24+/m1/s1. The van der Waals surface area contributed by atoms with Crippen molar-refractivity contribution in [1.29, 1.82) is 0 Å². The van der Waals surface area contributed by atoms with Gasteiger partial charge in [-0.1, -0.05) is 65.7 Å². The van der Waals surface area contributed by atoms with Gasteiger partial charge in [-0.25, -0.2) is 9.96 Å². The number of hydrogen-bond acceptors (Lipinski definition) is 4. The number of carbonyl (C=O) groups is 2. The predicted octanol–water partition coefficient (Wildman–Crippen LogP) is 4.66. The van der Waals surface area contributed by atoms with Crippen LogP contribution in [0.4, 0.5) is 11.4 Å². The van der Waals surface area contributed by atoms with Gasteiger partial charge in [0.25, 0.3) is 5.91 Å². The van der Waals surface area contributed by atoms with Gasteiger partial charge < -0.3 is 0 Å². The van der Waals surface area contributed by atoms with E-state index in [0.29, 0.717) is 5.69 Å². The molecule has 3 aromatic carbocycles. The Hall–Kier alpha value is -3.44. The molecule has 2 saturated heterocycles. The van der Waals surface area contributed by atoms with Crippen molar-refractivity contribution >= 4 is 23.2 Å². The lowest BCUT2D eigenvalue weighted by molar-refractivity contribution is -0.126. The normalized spacial score (nSPS) is 22.9. The Morgan fingerprint density at radius 3 is 2.13 bits per heavy atom. The minimum atomic E-state index is -0.847. The van der Waals surface area contributed by atoms with Gasteiger partial charge in [-0.2, -0.15) is 0 Å². The molecular weight excluding hydrogens is 388 g/mol. The smallest absolute Gasteiger partial charge is 0.266 e. The highest BCUT2D eigenvalue weighted by atomic mass is 16.7. The van der Waals surface area contributed by atoms with Crippen LogP contribution in [0.1, 0.15) is 28.3 Å². The largest absolute Gasteiger partial charge is 0.273 e. The number of anilines is 2. The van der Waals surface area contributed by atoms with E-state index in [9.17, 15) is 9.59 Å². The van der Waals surface area contributed by atoms with Crippen molar-refractivity contribution in [2.45, 2.75) is 32.9 Å². The van der Waals surface area contributed by atoms with E-state index < -0.39 is 12.0 Å². The summed E-state index contributed by atoms with van der Waals surface area (Å²) in [5, 5.41) is 1.73. The number of para-hydroxylation sites is 1. The Morgan fingerprint density at radius 2 is 1.45 bits per heavy atom.